The summed E-state index contributed by atoms with van der Waals surface area (Å²) in [7, 11) is 1.52. The van der Waals surface area contributed by atoms with Crippen LogP contribution in [0, 0.1) is 5.82 Å². The third kappa shape index (κ3) is 3.92. The van der Waals surface area contributed by atoms with Gasteiger partial charge in [-0.3, -0.25) is 4.79 Å². The molecule has 1 aromatic rings. The number of hydrogen-bond acceptors (Lipinski definition) is 3. The fourth-order valence-electron chi connectivity index (χ4n) is 2.35. The number of ether oxygens (including phenoxy) is 1. The normalized spacial score (nSPS) is 19.3. The zero-order valence-corrected chi connectivity index (χ0v) is 11.1. The van der Waals surface area contributed by atoms with Crippen LogP contribution in [0.5, 0.6) is 0 Å². The lowest BCUT2D eigenvalue weighted by Gasteiger charge is -2.33. The van der Waals surface area contributed by atoms with Crippen molar-refractivity contribution in [1.82, 2.24) is 4.90 Å². The maximum Gasteiger partial charge on any atom is 0.248 e. The summed E-state index contributed by atoms with van der Waals surface area (Å²) in [6.07, 6.45) is 1.93. The van der Waals surface area contributed by atoms with Crippen LogP contribution in [-0.4, -0.2) is 43.7 Å². The number of carbonyl (C=O) groups is 1. The van der Waals surface area contributed by atoms with E-state index in [1.165, 1.54) is 19.2 Å². The molecule has 0 spiro atoms. The molecule has 5 heteroatoms. The Morgan fingerprint density at radius 2 is 2.42 bits per heavy atom. The zero-order valence-electron chi connectivity index (χ0n) is 11.1. The smallest absolute Gasteiger partial charge is 0.248 e. The van der Waals surface area contributed by atoms with Crippen LogP contribution in [0.2, 0.25) is 0 Å². The average molecular weight is 266 g/mol. The van der Waals surface area contributed by atoms with Gasteiger partial charge >= 0.3 is 0 Å². The highest BCUT2D eigenvalue weighted by atomic mass is 19.1. The van der Waals surface area contributed by atoms with E-state index in [0.717, 1.165) is 25.1 Å². The van der Waals surface area contributed by atoms with Gasteiger partial charge in [0.15, 0.2) is 0 Å². The van der Waals surface area contributed by atoms with Crippen molar-refractivity contribution in [3.63, 3.8) is 0 Å². The lowest BCUT2D eigenvalue weighted by atomic mass is 10.1. The fourth-order valence-corrected chi connectivity index (χ4v) is 2.35. The van der Waals surface area contributed by atoms with Gasteiger partial charge in [0.1, 0.15) is 12.4 Å². The van der Waals surface area contributed by atoms with Crippen LogP contribution in [-0.2, 0) is 9.53 Å². The maximum absolute atomic E-state index is 13.1. The molecule has 1 aliphatic rings. The van der Waals surface area contributed by atoms with E-state index in [9.17, 15) is 9.18 Å². The highest BCUT2D eigenvalue weighted by Crippen LogP contribution is 2.17. The molecule has 1 fully saturated rings. The molecule has 4 nitrogen and oxygen atoms in total. The highest BCUT2D eigenvalue weighted by molar-refractivity contribution is 5.77. The summed E-state index contributed by atoms with van der Waals surface area (Å²) in [5, 5.41) is 3.27. The first-order valence-corrected chi connectivity index (χ1v) is 6.48. The van der Waals surface area contributed by atoms with Crippen molar-refractivity contribution in [2.24, 2.45) is 0 Å². The van der Waals surface area contributed by atoms with Crippen LogP contribution in [0.25, 0.3) is 0 Å². The first kappa shape index (κ1) is 13.8. The number of anilines is 1. The number of methoxy groups -OCH3 is 1. The number of benzene rings is 1. The second-order valence-corrected chi connectivity index (χ2v) is 4.77. The number of nitrogens with zero attached hydrogens (tertiary/aromatic N) is 1. The molecule has 1 heterocycles. The second kappa shape index (κ2) is 6.52. The zero-order chi connectivity index (χ0) is 13.7. The van der Waals surface area contributed by atoms with E-state index in [1.807, 2.05) is 6.07 Å². The van der Waals surface area contributed by atoms with E-state index in [4.69, 9.17) is 4.74 Å². The first-order valence-electron chi connectivity index (χ1n) is 6.48. The maximum atomic E-state index is 13.1. The van der Waals surface area contributed by atoms with Crippen LogP contribution in [0.4, 0.5) is 10.1 Å². The standard InChI is InChI=1S/C14H19FN2O2/c1-19-10-14(18)17-7-3-6-13(9-17)16-12-5-2-4-11(15)8-12/h2,4-5,8,13,16H,3,6-7,9-10H2,1H3/t13-/m1/s1. The number of halogens is 1. The molecule has 104 valence electrons. The molecule has 1 aliphatic heterocycles. The van der Waals surface area contributed by atoms with Gasteiger partial charge in [0.2, 0.25) is 5.91 Å². The van der Waals surface area contributed by atoms with Gasteiger partial charge in [-0.25, -0.2) is 4.39 Å². The van der Waals surface area contributed by atoms with E-state index in [2.05, 4.69) is 5.32 Å². The summed E-state index contributed by atoms with van der Waals surface area (Å²) >= 11 is 0. The molecule has 1 atom stereocenters. The summed E-state index contributed by atoms with van der Waals surface area (Å²) in [6.45, 7) is 1.52. The summed E-state index contributed by atoms with van der Waals surface area (Å²) in [4.78, 5) is 13.6. The molecular weight excluding hydrogens is 247 g/mol. The average Bonchev–Trinajstić information content (AvgIpc) is 2.39. The molecule has 2 rings (SSSR count). The van der Waals surface area contributed by atoms with E-state index >= 15 is 0 Å². The van der Waals surface area contributed by atoms with Gasteiger partial charge < -0.3 is 15.0 Å². The molecule has 0 aliphatic carbocycles. The molecule has 0 aromatic heterocycles. The third-order valence-electron chi connectivity index (χ3n) is 3.24. The number of rotatable bonds is 4. The van der Waals surface area contributed by atoms with Crippen molar-refractivity contribution in [2.75, 3.05) is 32.1 Å². The molecule has 0 unspecified atom stereocenters. The van der Waals surface area contributed by atoms with Crippen molar-refractivity contribution < 1.29 is 13.9 Å². The summed E-state index contributed by atoms with van der Waals surface area (Å²) in [5.74, 6) is -0.249. The Morgan fingerprint density at radius 3 is 3.16 bits per heavy atom. The van der Waals surface area contributed by atoms with Gasteiger partial charge in [0, 0.05) is 31.9 Å². The van der Waals surface area contributed by atoms with Gasteiger partial charge in [-0.2, -0.15) is 0 Å². The Balaban J connectivity index is 1.92. The SMILES string of the molecule is COCC(=O)N1CCC[C@@H](Nc2cccc(F)c2)C1. The van der Waals surface area contributed by atoms with Gasteiger partial charge in [-0.15, -0.1) is 0 Å². The Morgan fingerprint density at radius 1 is 1.58 bits per heavy atom. The molecule has 19 heavy (non-hydrogen) atoms. The molecule has 0 saturated carbocycles. The van der Waals surface area contributed by atoms with Gasteiger partial charge in [-0.05, 0) is 31.0 Å². The molecule has 1 N–H and O–H groups in total. The first-order chi connectivity index (χ1) is 9.19. The number of amides is 1. The minimum atomic E-state index is -0.256. The van der Waals surface area contributed by atoms with Crippen LogP contribution in [0.3, 0.4) is 0 Å². The van der Waals surface area contributed by atoms with E-state index in [-0.39, 0.29) is 24.4 Å². The van der Waals surface area contributed by atoms with E-state index in [1.54, 1.807) is 11.0 Å². The molecule has 0 bridgehead atoms. The van der Waals surface area contributed by atoms with Crippen LogP contribution >= 0.6 is 0 Å². The van der Waals surface area contributed by atoms with Gasteiger partial charge in [0.05, 0.1) is 0 Å². The molecule has 1 amide bonds. The van der Waals surface area contributed by atoms with Crippen LogP contribution < -0.4 is 5.32 Å². The Kier molecular flexibility index (Phi) is 4.74. The van der Waals surface area contributed by atoms with Crippen molar-refractivity contribution in [3.05, 3.63) is 30.1 Å². The monoisotopic (exact) mass is 266 g/mol. The number of carbonyl (C=O) groups excluding carboxylic acids is 1. The van der Waals surface area contributed by atoms with Crippen molar-refractivity contribution in [2.45, 2.75) is 18.9 Å². The predicted molar refractivity (Wildman–Crippen MR) is 71.5 cm³/mol. The highest BCUT2D eigenvalue weighted by Gasteiger charge is 2.23. The summed E-state index contributed by atoms with van der Waals surface area (Å²) in [6, 6.07) is 6.56. The largest absolute Gasteiger partial charge is 0.380 e. The van der Waals surface area contributed by atoms with Crippen molar-refractivity contribution >= 4 is 11.6 Å². The number of piperidine rings is 1. The minimum Gasteiger partial charge on any atom is -0.380 e. The third-order valence-corrected chi connectivity index (χ3v) is 3.24. The molecule has 1 saturated heterocycles. The topological polar surface area (TPSA) is 41.6 Å². The van der Waals surface area contributed by atoms with Gasteiger partial charge in [0.25, 0.3) is 0 Å². The summed E-state index contributed by atoms with van der Waals surface area (Å²) in [5.41, 5.74) is 0.756. The Bertz CT molecular complexity index is 439. The van der Waals surface area contributed by atoms with Crippen molar-refractivity contribution in [3.8, 4) is 0 Å². The summed E-state index contributed by atoms with van der Waals surface area (Å²) < 4.78 is 18.0. The van der Waals surface area contributed by atoms with Crippen LogP contribution in [0.15, 0.2) is 24.3 Å². The minimum absolute atomic E-state index is 0.00763. The van der Waals surface area contributed by atoms with Crippen LogP contribution in [0.1, 0.15) is 12.8 Å². The lowest BCUT2D eigenvalue weighted by Crippen LogP contribution is -2.46. The Labute approximate surface area is 112 Å². The number of nitrogens with one attached hydrogen (secondary N) is 1. The fraction of sp³-hybridized carbons (Fsp3) is 0.500. The quantitative estimate of drug-likeness (QED) is 0.904. The van der Waals surface area contributed by atoms with Gasteiger partial charge in [-0.1, -0.05) is 6.07 Å². The number of likely N-dealkylation sites (tertiary alicyclic amines) is 1. The molecular formula is C14H19FN2O2. The van der Waals surface area contributed by atoms with E-state index < -0.39 is 0 Å². The van der Waals surface area contributed by atoms with E-state index in [0.29, 0.717) is 6.54 Å². The molecule has 0 radical (unpaired) electrons. The molecule has 1 aromatic carbocycles. The van der Waals surface area contributed by atoms with Crippen molar-refractivity contribution in [1.29, 1.82) is 0 Å². The lowest BCUT2D eigenvalue weighted by molar-refractivity contribution is -0.136. The number of hydrogen-bond donors (Lipinski definition) is 1. The second-order valence-electron chi connectivity index (χ2n) is 4.77. The Hall–Kier alpha value is -1.62. The predicted octanol–water partition coefficient (Wildman–Crippen LogP) is 1.88.